The molecule has 244 valence electrons. The molecule has 2 amide bonds. The third-order valence-electron chi connectivity index (χ3n) is 7.34. The Bertz CT molecular complexity index is 1800. The van der Waals surface area contributed by atoms with Crippen molar-refractivity contribution in [1.29, 1.82) is 0 Å². The highest BCUT2D eigenvalue weighted by Gasteiger charge is 2.30. The van der Waals surface area contributed by atoms with Gasteiger partial charge in [-0.05, 0) is 90.6 Å². The van der Waals surface area contributed by atoms with Crippen LogP contribution in [0.3, 0.4) is 0 Å². The lowest BCUT2D eigenvalue weighted by atomic mass is 9.97. The van der Waals surface area contributed by atoms with E-state index in [1.54, 1.807) is 69.6 Å². The fraction of sp³-hybridized carbons (Fsp3) is 0.222. The summed E-state index contributed by atoms with van der Waals surface area (Å²) in [6.07, 6.45) is -3.54. The molecule has 0 aliphatic carbocycles. The Morgan fingerprint density at radius 2 is 1.53 bits per heavy atom. The van der Waals surface area contributed by atoms with Gasteiger partial charge in [-0.25, -0.2) is 4.79 Å². The number of benzene rings is 4. The Kier molecular flexibility index (Phi) is 10.8. The number of carbonyl (C=O) groups is 4. The second-order valence-corrected chi connectivity index (χ2v) is 11.0. The summed E-state index contributed by atoms with van der Waals surface area (Å²) in [5, 5.41) is 2.79. The van der Waals surface area contributed by atoms with Crippen LogP contribution in [0.2, 0.25) is 0 Å². The van der Waals surface area contributed by atoms with Gasteiger partial charge in [-0.2, -0.15) is 13.2 Å². The van der Waals surface area contributed by atoms with Crippen LogP contribution in [0.1, 0.15) is 60.6 Å². The minimum atomic E-state index is -4.49. The predicted molar refractivity (Wildman–Crippen MR) is 170 cm³/mol. The summed E-state index contributed by atoms with van der Waals surface area (Å²) in [6.45, 7) is 1.71. The largest absolute Gasteiger partial charge is 0.465 e. The Hall–Kier alpha value is -5.45. The molecular formula is C36H33F3N2O6. The van der Waals surface area contributed by atoms with Gasteiger partial charge >= 0.3 is 18.1 Å². The van der Waals surface area contributed by atoms with Crippen LogP contribution >= 0.6 is 0 Å². The molecule has 4 rings (SSSR count). The molecule has 11 heteroatoms. The maximum absolute atomic E-state index is 13.5. The first-order chi connectivity index (χ1) is 22.3. The van der Waals surface area contributed by atoms with E-state index < -0.39 is 29.6 Å². The number of alkyl halides is 3. The Morgan fingerprint density at radius 1 is 0.830 bits per heavy atom. The number of ether oxygens (including phenoxy) is 2. The molecule has 0 saturated heterocycles. The normalized spacial score (nSPS) is 11.0. The van der Waals surface area contributed by atoms with Crippen LogP contribution < -0.4 is 10.1 Å². The molecule has 0 saturated carbocycles. The lowest BCUT2D eigenvalue weighted by Crippen LogP contribution is -2.24. The van der Waals surface area contributed by atoms with E-state index in [4.69, 9.17) is 9.47 Å². The number of rotatable bonds is 10. The monoisotopic (exact) mass is 646 g/mol. The first kappa shape index (κ1) is 34.4. The van der Waals surface area contributed by atoms with Gasteiger partial charge in [0.05, 0.1) is 29.5 Å². The zero-order chi connectivity index (χ0) is 34.3. The standard InChI is InChI=1S/C36H33F3N2O6/c1-22-20-26(17-18-27(22)35(45)46-4)47-32(42)11-7-8-23-12-19-31(30(21-23)34(44)41(2)3)40-33(43)29-10-6-5-9-28(29)24-13-15-25(16-14-24)36(37,38)39/h5-6,9-10,12-21H,7-8,11H2,1-4H3,(H,40,43). The summed E-state index contributed by atoms with van der Waals surface area (Å²) >= 11 is 0. The van der Waals surface area contributed by atoms with E-state index in [1.807, 2.05) is 0 Å². The van der Waals surface area contributed by atoms with E-state index in [9.17, 15) is 32.3 Å². The maximum atomic E-state index is 13.5. The zero-order valence-electron chi connectivity index (χ0n) is 26.2. The van der Waals surface area contributed by atoms with E-state index in [0.29, 0.717) is 40.8 Å². The van der Waals surface area contributed by atoms with Gasteiger partial charge in [0.25, 0.3) is 11.8 Å². The average molecular weight is 647 g/mol. The van der Waals surface area contributed by atoms with Gasteiger partial charge in [-0.1, -0.05) is 36.4 Å². The molecule has 4 aromatic rings. The summed E-state index contributed by atoms with van der Waals surface area (Å²) in [5.74, 6) is -1.54. The Labute approximate surface area is 270 Å². The van der Waals surface area contributed by atoms with Gasteiger partial charge in [0.1, 0.15) is 5.75 Å². The van der Waals surface area contributed by atoms with Crippen molar-refractivity contribution in [2.24, 2.45) is 0 Å². The number of aryl methyl sites for hydroxylation is 2. The highest BCUT2D eigenvalue weighted by molar-refractivity contribution is 6.11. The van der Waals surface area contributed by atoms with Crippen LogP contribution in [0, 0.1) is 6.92 Å². The predicted octanol–water partition coefficient (Wildman–Crippen LogP) is 7.35. The number of nitrogens with zero attached hydrogens (tertiary/aromatic N) is 1. The molecule has 0 fully saturated rings. The molecule has 4 aromatic carbocycles. The topological polar surface area (TPSA) is 102 Å². The minimum absolute atomic E-state index is 0.0913. The molecule has 0 radical (unpaired) electrons. The summed E-state index contributed by atoms with van der Waals surface area (Å²) in [4.78, 5) is 52.2. The first-order valence-corrected chi connectivity index (χ1v) is 14.6. The first-order valence-electron chi connectivity index (χ1n) is 14.6. The Morgan fingerprint density at radius 3 is 2.17 bits per heavy atom. The van der Waals surface area contributed by atoms with E-state index in [2.05, 4.69) is 5.32 Å². The summed E-state index contributed by atoms with van der Waals surface area (Å²) in [6, 6.07) is 20.7. The van der Waals surface area contributed by atoms with Crippen LogP contribution in [0.5, 0.6) is 5.75 Å². The summed E-state index contributed by atoms with van der Waals surface area (Å²) in [7, 11) is 4.44. The number of esters is 2. The van der Waals surface area contributed by atoms with Crippen LogP contribution in [-0.2, 0) is 22.1 Å². The average Bonchev–Trinajstić information content (AvgIpc) is 3.04. The van der Waals surface area contributed by atoms with Gasteiger partial charge in [0.15, 0.2) is 0 Å². The number of hydrogen-bond donors (Lipinski definition) is 1. The quantitative estimate of drug-likeness (QED) is 0.143. The third-order valence-corrected chi connectivity index (χ3v) is 7.34. The molecule has 0 heterocycles. The second-order valence-electron chi connectivity index (χ2n) is 11.0. The molecule has 0 spiro atoms. The van der Waals surface area contributed by atoms with Crippen molar-refractivity contribution in [3.05, 3.63) is 118 Å². The van der Waals surface area contributed by atoms with Crippen molar-refractivity contribution in [3.8, 4) is 16.9 Å². The third kappa shape index (κ3) is 8.63. The molecule has 0 atom stereocenters. The second kappa shape index (κ2) is 14.8. The number of anilines is 1. The molecule has 0 aliphatic heterocycles. The molecule has 1 N–H and O–H groups in total. The number of nitrogens with one attached hydrogen (secondary N) is 1. The van der Waals surface area contributed by atoms with Crippen molar-refractivity contribution in [2.75, 3.05) is 26.5 Å². The van der Waals surface area contributed by atoms with E-state index >= 15 is 0 Å². The zero-order valence-corrected chi connectivity index (χ0v) is 26.2. The molecule has 8 nitrogen and oxygen atoms in total. The molecular weight excluding hydrogens is 613 g/mol. The lowest BCUT2D eigenvalue weighted by molar-refractivity contribution is -0.137. The van der Waals surface area contributed by atoms with Gasteiger partial charge in [0.2, 0.25) is 0 Å². The fourth-order valence-corrected chi connectivity index (χ4v) is 4.89. The molecule has 47 heavy (non-hydrogen) atoms. The number of methoxy groups -OCH3 is 1. The fourth-order valence-electron chi connectivity index (χ4n) is 4.89. The number of carbonyl (C=O) groups excluding carboxylic acids is 4. The van der Waals surface area contributed by atoms with Gasteiger partial charge in [-0.15, -0.1) is 0 Å². The van der Waals surface area contributed by atoms with Crippen molar-refractivity contribution in [3.63, 3.8) is 0 Å². The summed E-state index contributed by atoms with van der Waals surface area (Å²) < 4.78 is 49.4. The molecule has 0 bridgehead atoms. The van der Waals surface area contributed by atoms with Crippen molar-refractivity contribution in [2.45, 2.75) is 32.4 Å². The van der Waals surface area contributed by atoms with Crippen LogP contribution in [-0.4, -0.2) is 49.9 Å². The lowest BCUT2D eigenvalue weighted by Gasteiger charge is -2.17. The SMILES string of the molecule is COC(=O)c1ccc(OC(=O)CCCc2ccc(NC(=O)c3ccccc3-c3ccc(C(F)(F)F)cc3)c(C(=O)N(C)C)c2)cc1C. The van der Waals surface area contributed by atoms with Crippen LogP contribution in [0.4, 0.5) is 18.9 Å². The van der Waals surface area contributed by atoms with Gasteiger partial charge in [-0.3, -0.25) is 14.4 Å². The number of amides is 2. The number of halogens is 3. The van der Waals surface area contributed by atoms with Crippen molar-refractivity contribution < 1.29 is 41.8 Å². The van der Waals surface area contributed by atoms with Crippen molar-refractivity contribution >= 4 is 29.4 Å². The number of hydrogen-bond acceptors (Lipinski definition) is 6. The van der Waals surface area contributed by atoms with Crippen LogP contribution in [0.15, 0.2) is 84.9 Å². The molecule has 0 aliphatic rings. The molecule has 0 aromatic heterocycles. The maximum Gasteiger partial charge on any atom is 0.416 e. The van der Waals surface area contributed by atoms with E-state index in [1.165, 1.54) is 36.3 Å². The highest BCUT2D eigenvalue weighted by atomic mass is 19.4. The van der Waals surface area contributed by atoms with Crippen molar-refractivity contribution in [1.82, 2.24) is 4.90 Å². The molecule has 0 unspecified atom stereocenters. The smallest absolute Gasteiger partial charge is 0.416 e. The Balaban J connectivity index is 1.46. The van der Waals surface area contributed by atoms with Crippen LogP contribution in [0.25, 0.3) is 11.1 Å². The minimum Gasteiger partial charge on any atom is -0.465 e. The van der Waals surface area contributed by atoms with Gasteiger partial charge < -0.3 is 19.7 Å². The summed E-state index contributed by atoms with van der Waals surface area (Å²) in [5.41, 5.74) is 2.50. The highest BCUT2D eigenvalue weighted by Crippen LogP contribution is 2.32. The van der Waals surface area contributed by atoms with E-state index in [0.717, 1.165) is 17.7 Å². The van der Waals surface area contributed by atoms with Gasteiger partial charge in [0, 0.05) is 26.1 Å². The van der Waals surface area contributed by atoms with E-state index in [-0.39, 0.29) is 29.1 Å².